The van der Waals surface area contributed by atoms with Crippen LogP contribution in [0.25, 0.3) is 0 Å². The Kier molecular flexibility index (Phi) is 5.50. The fraction of sp³-hybridized carbons (Fsp3) is 0.667. The van der Waals surface area contributed by atoms with Crippen molar-refractivity contribution in [3.8, 4) is 0 Å². The number of urea groups is 1. The maximum Gasteiger partial charge on any atom is 0.317 e. The molecule has 0 saturated carbocycles. The number of nitrogens with zero attached hydrogens (tertiary/aromatic N) is 4. The zero-order valence-corrected chi connectivity index (χ0v) is 13.4. The van der Waals surface area contributed by atoms with Crippen LogP contribution >= 0.6 is 11.3 Å². The summed E-state index contributed by atoms with van der Waals surface area (Å²) in [6.07, 6.45) is -0.0252. The number of nitrogen functional groups attached to an aromatic ring is 1. The highest BCUT2D eigenvalue weighted by molar-refractivity contribution is 7.15. The second-order valence-electron chi connectivity index (χ2n) is 5.05. The molecule has 2 heterocycles. The molecule has 0 aromatic carbocycles. The minimum Gasteiger partial charge on any atom is -0.374 e. The van der Waals surface area contributed by atoms with Gasteiger partial charge >= 0.3 is 6.03 Å². The van der Waals surface area contributed by atoms with E-state index in [0.29, 0.717) is 31.2 Å². The molecule has 1 aromatic heterocycles. The number of likely N-dealkylation sites (N-methyl/N-ethyl adjacent to an activating group) is 1. The number of carbonyl (C=O) groups excluding carboxylic acids is 2. The van der Waals surface area contributed by atoms with Crippen molar-refractivity contribution < 1.29 is 14.3 Å². The molecule has 1 aliphatic rings. The first-order valence-corrected chi connectivity index (χ1v) is 7.72. The highest BCUT2D eigenvalue weighted by atomic mass is 32.1. The van der Waals surface area contributed by atoms with Crippen LogP contribution in [0.4, 0.5) is 9.93 Å². The third-order valence-corrected chi connectivity index (χ3v) is 3.98. The molecule has 122 valence electrons. The summed E-state index contributed by atoms with van der Waals surface area (Å²) >= 11 is 1.30. The van der Waals surface area contributed by atoms with E-state index in [2.05, 4.69) is 15.5 Å². The lowest BCUT2D eigenvalue weighted by atomic mass is 10.2. The lowest BCUT2D eigenvalue weighted by Gasteiger charge is -2.33. The number of anilines is 1. The van der Waals surface area contributed by atoms with E-state index < -0.39 is 6.10 Å². The van der Waals surface area contributed by atoms with Crippen LogP contribution in [0.15, 0.2) is 0 Å². The molecule has 22 heavy (non-hydrogen) atoms. The molecule has 1 aromatic rings. The van der Waals surface area contributed by atoms with E-state index in [1.807, 2.05) is 0 Å². The number of carbonyl (C=O) groups is 2. The molecule has 9 nitrogen and oxygen atoms in total. The number of nitrogens with two attached hydrogens (primary N) is 1. The Morgan fingerprint density at radius 3 is 2.91 bits per heavy atom. The van der Waals surface area contributed by atoms with Crippen molar-refractivity contribution in [2.45, 2.75) is 12.5 Å². The third kappa shape index (κ3) is 4.28. The van der Waals surface area contributed by atoms with E-state index in [1.54, 1.807) is 19.0 Å². The number of aromatic nitrogens is 2. The quantitative estimate of drug-likeness (QED) is 0.745. The average Bonchev–Trinajstić information content (AvgIpc) is 2.92. The Balaban J connectivity index is 1.78. The molecule has 0 bridgehead atoms. The predicted octanol–water partition coefficient (Wildman–Crippen LogP) is -0.839. The summed E-state index contributed by atoms with van der Waals surface area (Å²) in [5.41, 5.74) is 5.49. The van der Waals surface area contributed by atoms with Crippen LogP contribution in [0.3, 0.4) is 0 Å². The van der Waals surface area contributed by atoms with Crippen molar-refractivity contribution in [1.82, 2.24) is 25.3 Å². The van der Waals surface area contributed by atoms with Crippen LogP contribution in [0.5, 0.6) is 0 Å². The maximum absolute atomic E-state index is 12.1. The maximum atomic E-state index is 12.1. The second-order valence-corrected chi connectivity index (χ2v) is 6.15. The zero-order valence-electron chi connectivity index (χ0n) is 12.6. The van der Waals surface area contributed by atoms with Crippen molar-refractivity contribution in [1.29, 1.82) is 0 Å². The van der Waals surface area contributed by atoms with Crippen molar-refractivity contribution in [3.63, 3.8) is 0 Å². The minimum atomic E-state index is -0.600. The van der Waals surface area contributed by atoms with Crippen LogP contribution < -0.4 is 11.1 Å². The standard InChI is InChI=1S/C12H20N6O3S/c1-17(2)10(19)8-7-18(5-6-21-8)12(20)14-4-3-9-15-16-11(13)22-9/h8H,3-7H2,1-2H3,(H2,13,16)(H,14,20). The van der Waals surface area contributed by atoms with Gasteiger partial charge < -0.3 is 25.6 Å². The second kappa shape index (κ2) is 7.36. The molecule has 2 rings (SSSR count). The van der Waals surface area contributed by atoms with E-state index in [-0.39, 0.29) is 18.5 Å². The highest BCUT2D eigenvalue weighted by Crippen LogP contribution is 2.11. The van der Waals surface area contributed by atoms with Gasteiger partial charge in [0, 0.05) is 33.6 Å². The molecular formula is C12H20N6O3S. The van der Waals surface area contributed by atoms with Crippen LogP contribution in [0.1, 0.15) is 5.01 Å². The first-order chi connectivity index (χ1) is 10.5. The van der Waals surface area contributed by atoms with E-state index in [1.165, 1.54) is 16.2 Å². The Morgan fingerprint density at radius 2 is 2.27 bits per heavy atom. The van der Waals surface area contributed by atoms with Gasteiger partial charge in [-0.15, -0.1) is 10.2 Å². The molecule has 0 aliphatic carbocycles. The van der Waals surface area contributed by atoms with Crippen molar-refractivity contribution in [3.05, 3.63) is 5.01 Å². The fourth-order valence-electron chi connectivity index (χ4n) is 2.03. The molecule has 1 atom stereocenters. The topological polar surface area (TPSA) is 114 Å². The Bertz CT molecular complexity index is 535. The summed E-state index contributed by atoms with van der Waals surface area (Å²) < 4.78 is 5.41. The molecule has 1 saturated heterocycles. The van der Waals surface area contributed by atoms with E-state index >= 15 is 0 Å². The summed E-state index contributed by atoms with van der Waals surface area (Å²) in [5, 5.41) is 11.6. The normalized spacial score (nSPS) is 18.1. The monoisotopic (exact) mass is 328 g/mol. The SMILES string of the molecule is CN(C)C(=O)C1CN(C(=O)NCCc2nnc(N)s2)CCO1. The van der Waals surface area contributed by atoms with Gasteiger partial charge in [0.15, 0.2) is 6.10 Å². The zero-order chi connectivity index (χ0) is 16.1. The van der Waals surface area contributed by atoms with Gasteiger partial charge in [-0.3, -0.25) is 4.79 Å². The van der Waals surface area contributed by atoms with Gasteiger partial charge in [-0.05, 0) is 0 Å². The summed E-state index contributed by atoms with van der Waals surface area (Å²) in [6.45, 7) is 1.52. The van der Waals surface area contributed by atoms with Gasteiger partial charge in [-0.2, -0.15) is 0 Å². The molecule has 10 heteroatoms. The first-order valence-electron chi connectivity index (χ1n) is 6.90. The Hall–Kier alpha value is -1.94. The van der Waals surface area contributed by atoms with Crippen LogP contribution in [0.2, 0.25) is 0 Å². The fourth-order valence-corrected chi connectivity index (χ4v) is 2.64. The summed E-state index contributed by atoms with van der Waals surface area (Å²) in [7, 11) is 3.33. The molecule has 0 radical (unpaired) electrons. The van der Waals surface area contributed by atoms with Gasteiger partial charge in [0.25, 0.3) is 5.91 Å². The van der Waals surface area contributed by atoms with Gasteiger partial charge in [0.05, 0.1) is 13.2 Å². The number of ether oxygens (including phenoxy) is 1. The molecule has 3 N–H and O–H groups in total. The number of nitrogens with one attached hydrogen (secondary N) is 1. The number of amides is 3. The molecule has 1 fully saturated rings. The Labute approximate surface area is 132 Å². The molecule has 3 amide bonds. The van der Waals surface area contributed by atoms with E-state index in [0.717, 1.165) is 5.01 Å². The van der Waals surface area contributed by atoms with E-state index in [9.17, 15) is 9.59 Å². The van der Waals surface area contributed by atoms with Crippen LogP contribution in [-0.2, 0) is 16.0 Å². The largest absolute Gasteiger partial charge is 0.374 e. The van der Waals surface area contributed by atoms with Gasteiger partial charge in [0.2, 0.25) is 5.13 Å². The predicted molar refractivity (Wildman–Crippen MR) is 81.4 cm³/mol. The van der Waals surface area contributed by atoms with E-state index in [4.69, 9.17) is 10.5 Å². The van der Waals surface area contributed by atoms with Gasteiger partial charge in [-0.25, -0.2) is 4.79 Å². The van der Waals surface area contributed by atoms with Crippen molar-refractivity contribution >= 4 is 28.4 Å². The Morgan fingerprint density at radius 1 is 1.50 bits per heavy atom. The highest BCUT2D eigenvalue weighted by Gasteiger charge is 2.30. The van der Waals surface area contributed by atoms with Crippen molar-refractivity contribution in [2.75, 3.05) is 46.1 Å². The lowest BCUT2D eigenvalue weighted by molar-refractivity contribution is -0.145. The number of morpholine rings is 1. The molecule has 1 unspecified atom stereocenters. The third-order valence-electron chi connectivity index (χ3n) is 3.17. The lowest BCUT2D eigenvalue weighted by Crippen LogP contribution is -2.53. The first kappa shape index (κ1) is 16.4. The molecule has 0 spiro atoms. The molecule has 1 aliphatic heterocycles. The van der Waals surface area contributed by atoms with Gasteiger partial charge in [-0.1, -0.05) is 11.3 Å². The van der Waals surface area contributed by atoms with Crippen LogP contribution in [0, 0.1) is 0 Å². The van der Waals surface area contributed by atoms with Crippen molar-refractivity contribution in [2.24, 2.45) is 0 Å². The smallest absolute Gasteiger partial charge is 0.317 e. The average molecular weight is 328 g/mol. The van der Waals surface area contributed by atoms with Gasteiger partial charge in [0.1, 0.15) is 5.01 Å². The number of hydrogen-bond acceptors (Lipinski definition) is 7. The molecular weight excluding hydrogens is 308 g/mol. The minimum absolute atomic E-state index is 0.137. The summed E-state index contributed by atoms with van der Waals surface area (Å²) in [4.78, 5) is 27.0. The number of rotatable bonds is 4. The summed E-state index contributed by atoms with van der Waals surface area (Å²) in [5.74, 6) is -0.137. The summed E-state index contributed by atoms with van der Waals surface area (Å²) in [6, 6.07) is -0.211. The van der Waals surface area contributed by atoms with Crippen LogP contribution in [-0.4, -0.2) is 78.4 Å². The number of hydrogen-bond donors (Lipinski definition) is 2.